The molecule has 0 aliphatic heterocycles. The van der Waals surface area contributed by atoms with E-state index in [1.165, 1.54) is 12.3 Å². The number of pyridine rings is 1. The summed E-state index contributed by atoms with van der Waals surface area (Å²) >= 11 is 0. The molecule has 1 aliphatic rings. The fourth-order valence-corrected chi connectivity index (χ4v) is 3.70. The number of hydrogen-bond donors (Lipinski definition) is 2. The van der Waals surface area contributed by atoms with Crippen molar-refractivity contribution in [1.82, 2.24) is 4.98 Å². The van der Waals surface area contributed by atoms with Gasteiger partial charge in [-0.2, -0.15) is 0 Å². The fraction of sp³-hybridized carbons (Fsp3) is 0.545. The molecule has 17 heavy (non-hydrogen) atoms. The van der Waals surface area contributed by atoms with Crippen molar-refractivity contribution in [3.8, 4) is 0 Å². The molecule has 5 nitrogen and oxygen atoms in total. The summed E-state index contributed by atoms with van der Waals surface area (Å²) in [4.78, 5) is 13.8. The third-order valence-electron chi connectivity index (χ3n) is 3.06. The highest BCUT2D eigenvalue weighted by Gasteiger charge is 2.27. The van der Waals surface area contributed by atoms with Crippen LogP contribution in [-0.4, -0.2) is 18.7 Å². The number of hydrogen-bond acceptors (Lipinski definition) is 3. The molecule has 0 radical (unpaired) electrons. The second-order valence-corrected chi connectivity index (χ2v) is 6.28. The first-order valence-electron chi connectivity index (χ1n) is 5.79. The predicted octanol–water partition coefficient (Wildman–Crippen LogP) is 1.45. The zero-order valence-electron chi connectivity index (χ0n) is 9.48. The maximum atomic E-state index is 12.0. The SMILES string of the molecule is O=c1[nH]cccc1NS(=O)(=O)C1CCCCC1. The van der Waals surface area contributed by atoms with Crippen LogP contribution >= 0.6 is 0 Å². The summed E-state index contributed by atoms with van der Waals surface area (Å²) in [5, 5.41) is -0.365. The minimum Gasteiger partial charge on any atom is -0.327 e. The standard InChI is InChI=1S/C11H16N2O3S/c14-11-10(7-4-8-12-11)13-17(15,16)9-5-2-1-3-6-9/h4,7-9,13H,1-3,5-6H2,(H,12,14). The van der Waals surface area contributed by atoms with Crippen LogP contribution in [0.4, 0.5) is 5.69 Å². The quantitative estimate of drug-likeness (QED) is 0.859. The largest absolute Gasteiger partial charge is 0.327 e. The maximum absolute atomic E-state index is 12.0. The van der Waals surface area contributed by atoms with Gasteiger partial charge in [-0.15, -0.1) is 0 Å². The molecule has 6 heteroatoms. The average molecular weight is 256 g/mol. The maximum Gasteiger partial charge on any atom is 0.272 e. The van der Waals surface area contributed by atoms with E-state index in [9.17, 15) is 13.2 Å². The van der Waals surface area contributed by atoms with Gasteiger partial charge in [0.2, 0.25) is 10.0 Å². The Labute approximate surface area is 100 Å². The molecule has 2 rings (SSSR count). The molecule has 1 fully saturated rings. The number of rotatable bonds is 3. The van der Waals surface area contributed by atoms with Crippen LogP contribution in [-0.2, 0) is 10.0 Å². The van der Waals surface area contributed by atoms with Gasteiger partial charge in [-0.3, -0.25) is 9.52 Å². The summed E-state index contributed by atoms with van der Waals surface area (Å²) in [5.74, 6) is 0. The van der Waals surface area contributed by atoms with Crippen LogP contribution in [0.5, 0.6) is 0 Å². The van der Waals surface area contributed by atoms with Gasteiger partial charge in [0.05, 0.1) is 5.25 Å². The Morgan fingerprint density at radius 2 is 1.94 bits per heavy atom. The zero-order valence-corrected chi connectivity index (χ0v) is 10.3. The highest BCUT2D eigenvalue weighted by molar-refractivity contribution is 7.93. The van der Waals surface area contributed by atoms with E-state index in [-0.39, 0.29) is 10.9 Å². The number of nitrogens with one attached hydrogen (secondary N) is 2. The van der Waals surface area contributed by atoms with Gasteiger partial charge in [0, 0.05) is 6.20 Å². The van der Waals surface area contributed by atoms with Crippen molar-refractivity contribution >= 4 is 15.7 Å². The van der Waals surface area contributed by atoms with E-state index < -0.39 is 15.6 Å². The minimum atomic E-state index is -3.43. The average Bonchev–Trinajstić information content (AvgIpc) is 2.33. The number of anilines is 1. The van der Waals surface area contributed by atoms with Crippen molar-refractivity contribution < 1.29 is 8.42 Å². The van der Waals surface area contributed by atoms with Crippen LogP contribution < -0.4 is 10.3 Å². The van der Waals surface area contributed by atoms with Crippen LogP contribution in [0.25, 0.3) is 0 Å². The molecule has 1 aromatic heterocycles. The monoisotopic (exact) mass is 256 g/mol. The highest BCUT2D eigenvalue weighted by Crippen LogP contribution is 2.24. The highest BCUT2D eigenvalue weighted by atomic mass is 32.2. The second kappa shape index (κ2) is 4.91. The van der Waals surface area contributed by atoms with E-state index in [4.69, 9.17) is 0 Å². The third kappa shape index (κ3) is 2.88. The Kier molecular flexibility index (Phi) is 3.51. The summed E-state index contributed by atoms with van der Waals surface area (Å²) in [6.07, 6.45) is 5.81. The minimum absolute atomic E-state index is 0.0954. The predicted molar refractivity (Wildman–Crippen MR) is 66.5 cm³/mol. The Morgan fingerprint density at radius 1 is 1.24 bits per heavy atom. The van der Waals surface area contributed by atoms with Gasteiger partial charge in [-0.1, -0.05) is 19.3 Å². The molecule has 0 unspecified atom stereocenters. The number of aromatic amines is 1. The molecule has 1 saturated carbocycles. The third-order valence-corrected chi connectivity index (χ3v) is 4.91. The molecule has 0 spiro atoms. The Hall–Kier alpha value is -1.30. The van der Waals surface area contributed by atoms with E-state index in [0.717, 1.165) is 19.3 Å². The van der Waals surface area contributed by atoms with E-state index in [2.05, 4.69) is 9.71 Å². The number of sulfonamides is 1. The summed E-state index contributed by atoms with van der Waals surface area (Å²) in [7, 11) is -3.43. The van der Waals surface area contributed by atoms with Gasteiger partial charge in [0.25, 0.3) is 5.56 Å². The molecule has 0 saturated heterocycles. The zero-order chi connectivity index (χ0) is 12.3. The molecule has 1 heterocycles. The molecule has 0 atom stereocenters. The summed E-state index contributed by atoms with van der Waals surface area (Å²) < 4.78 is 26.5. The van der Waals surface area contributed by atoms with Crippen molar-refractivity contribution in [2.75, 3.05) is 4.72 Å². The molecule has 2 N–H and O–H groups in total. The van der Waals surface area contributed by atoms with E-state index in [0.29, 0.717) is 12.8 Å². The molecular weight excluding hydrogens is 240 g/mol. The van der Waals surface area contributed by atoms with Gasteiger partial charge in [-0.25, -0.2) is 8.42 Å². The fourth-order valence-electron chi connectivity index (χ4n) is 2.11. The Balaban J connectivity index is 2.17. The lowest BCUT2D eigenvalue weighted by Crippen LogP contribution is -2.31. The molecule has 94 valence electrons. The van der Waals surface area contributed by atoms with Crippen LogP contribution in [0.2, 0.25) is 0 Å². The summed E-state index contributed by atoms with van der Waals surface area (Å²) in [5.41, 5.74) is -0.315. The van der Waals surface area contributed by atoms with Gasteiger partial charge < -0.3 is 4.98 Å². The Bertz CT molecular complexity index is 530. The second-order valence-electron chi connectivity index (χ2n) is 4.32. The van der Waals surface area contributed by atoms with Crippen LogP contribution in [0.3, 0.4) is 0 Å². The van der Waals surface area contributed by atoms with Gasteiger partial charge in [-0.05, 0) is 25.0 Å². The van der Waals surface area contributed by atoms with Crippen molar-refractivity contribution in [1.29, 1.82) is 0 Å². The van der Waals surface area contributed by atoms with E-state index in [1.807, 2.05) is 0 Å². The first kappa shape index (κ1) is 12.2. The van der Waals surface area contributed by atoms with Gasteiger partial charge in [0.1, 0.15) is 5.69 Å². The van der Waals surface area contributed by atoms with E-state index in [1.54, 1.807) is 6.07 Å². The topological polar surface area (TPSA) is 79.0 Å². The van der Waals surface area contributed by atoms with Crippen LogP contribution in [0, 0.1) is 0 Å². The lowest BCUT2D eigenvalue weighted by atomic mass is 10.0. The lowest BCUT2D eigenvalue weighted by Gasteiger charge is -2.22. The van der Waals surface area contributed by atoms with Crippen molar-refractivity contribution in [2.24, 2.45) is 0 Å². The molecule has 0 bridgehead atoms. The first-order chi connectivity index (χ1) is 8.09. The normalized spacial score (nSPS) is 17.9. The van der Waals surface area contributed by atoms with Crippen LogP contribution in [0.15, 0.2) is 23.1 Å². The van der Waals surface area contributed by atoms with Gasteiger partial charge in [0.15, 0.2) is 0 Å². The molecule has 0 aromatic carbocycles. The summed E-state index contributed by atoms with van der Waals surface area (Å²) in [6.45, 7) is 0. The molecule has 1 aliphatic carbocycles. The van der Waals surface area contributed by atoms with Crippen molar-refractivity contribution in [3.63, 3.8) is 0 Å². The number of aromatic nitrogens is 1. The van der Waals surface area contributed by atoms with E-state index >= 15 is 0 Å². The smallest absolute Gasteiger partial charge is 0.272 e. The first-order valence-corrected chi connectivity index (χ1v) is 7.33. The molecule has 1 aromatic rings. The lowest BCUT2D eigenvalue weighted by molar-refractivity contribution is 0.486. The Morgan fingerprint density at radius 3 is 2.59 bits per heavy atom. The van der Waals surface area contributed by atoms with Gasteiger partial charge >= 0.3 is 0 Å². The molecule has 0 amide bonds. The molecular formula is C11H16N2O3S. The van der Waals surface area contributed by atoms with Crippen LogP contribution in [0.1, 0.15) is 32.1 Å². The van der Waals surface area contributed by atoms with Crippen molar-refractivity contribution in [2.45, 2.75) is 37.4 Å². The number of H-pyrrole nitrogens is 1. The summed E-state index contributed by atoms with van der Waals surface area (Å²) in [6, 6.07) is 3.07. The van der Waals surface area contributed by atoms with Crippen molar-refractivity contribution in [3.05, 3.63) is 28.7 Å².